The van der Waals surface area contributed by atoms with Gasteiger partial charge in [-0.05, 0) is 31.9 Å². The van der Waals surface area contributed by atoms with E-state index in [1.54, 1.807) is 7.05 Å². The molecule has 0 bridgehead atoms. The second-order valence-electron chi connectivity index (χ2n) is 6.71. The summed E-state index contributed by atoms with van der Waals surface area (Å²) in [6.07, 6.45) is 5.68. The Morgan fingerprint density at radius 2 is 1.67 bits per heavy atom. The number of aliphatic imine (C=N–C) groups is 1. The zero-order chi connectivity index (χ0) is 18.6. The lowest BCUT2D eigenvalue weighted by atomic mass is 9.89. The number of hydrogen-bond acceptors (Lipinski definition) is 3. The quantitative estimate of drug-likeness (QED) is 0.228. The van der Waals surface area contributed by atoms with Crippen LogP contribution in [0.25, 0.3) is 0 Å². The van der Waals surface area contributed by atoms with Crippen LogP contribution < -0.4 is 20.7 Å². The summed E-state index contributed by atoms with van der Waals surface area (Å²) in [5.74, 6) is 1.98. The van der Waals surface area contributed by atoms with Crippen LogP contribution in [0.2, 0.25) is 0 Å². The lowest BCUT2D eigenvalue weighted by Gasteiger charge is -2.21. The minimum atomic E-state index is 0. The summed E-state index contributed by atoms with van der Waals surface area (Å²) in [6, 6.07) is 8.00. The standard InChI is InChI=1S/C20H32N4O2.HI/c1-16-8-10-18(11-9-16)26-15-14-24-20(21-2)23-13-12-22-19(25)17-6-4-3-5-7-17;/h8-11,17H,3-7,12-15H2,1-2H3,(H,22,25)(H2,21,23,24);1H. The number of nitrogens with zero attached hydrogens (tertiary/aromatic N) is 1. The highest BCUT2D eigenvalue weighted by Gasteiger charge is 2.20. The van der Waals surface area contributed by atoms with Crippen LogP contribution in [-0.2, 0) is 4.79 Å². The number of hydrogen-bond donors (Lipinski definition) is 3. The van der Waals surface area contributed by atoms with Gasteiger partial charge >= 0.3 is 0 Å². The van der Waals surface area contributed by atoms with Crippen molar-refractivity contribution in [2.75, 3.05) is 33.3 Å². The first kappa shape index (κ1) is 23.5. The maximum absolute atomic E-state index is 12.1. The molecule has 1 saturated carbocycles. The van der Waals surface area contributed by atoms with E-state index >= 15 is 0 Å². The fourth-order valence-corrected chi connectivity index (χ4v) is 3.07. The fraction of sp³-hybridized carbons (Fsp3) is 0.600. The third kappa shape index (κ3) is 9.30. The van der Waals surface area contributed by atoms with Crippen molar-refractivity contribution in [3.05, 3.63) is 29.8 Å². The Labute approximate surface area is 179 Å². The predicted molar refractivity (Wildman–Crippen MR) is 121 cm³/mol. The second-order valence-corrected chi connectivity index (χ2v) is 6.71. The van der Waals surface area contributed by atoms with Crippen molar-refractivity contribution in [1.29, 1.82) is 0 Å². The third-order valence-corrected chi connectivity index (χ3v) is 4.60. The molecule has 0 saturated heterocycles. The number of rotatable bonds is 8. The minimum absolute atomic E-state index is 0. The summed E-state index contributed by atoms with van der Waals surface area (Å²) in [5.41, 5.74) is 1.22. The first-order valence-electron chi connectivity index (χ1n) is 9.60. The Balaban J connectivity index is 0.00000364. The maximum atomic E-state index is 12.1. The molecule has 0 aromatic heterocycles. The summed E-state index contributed by atoms with van der Waals surface area (Å²) in [7, 11) is 1.73. The molecular weight excluding hydrogens is 455 g/mol. The Morgan fingerprint density at radius 1 is 1.04 bits per heavy atom. The van der Waals surface area contributed by atoms with Crippen LogP contribution in [0.1, 0.15) is 37.7 Å². The molecule has 152 valence electrons. The number of amides is 1. The Hall–Kier alpha value is -1.51. The van der Waals surface area contributed by atoms with Crippen molar-refractivity contribution < 1.29 is 9.53 Å². The smallest absolute Gasteiger partial charge is 0.223 e. The van der Waals surface area contributed by atoms with E-state index in [0.29, 0.717) is 32.2 Å². The van der Waals surface area contributed by atoms with E-state index in [4.69, 9.17) is 4.74 Å². The normalized spacial score (nSPS) is 14.8. The summed E-state index contributed by atoms with van der Waals surface area (Å²) in [5, 5.41) is 9.42. The highest BCUT2D eigenvalue weighted by atomic mass is 127. The average Bonchev–Trinajstić information content (AvgIpc) is 2.68. The van der Waals surface area contributed by atoms with Crippen LogP contribution in [0.4, 0.5) is 0 Å². The molecule has 0 atom stereocenters. The molecule has 6 nitrogen and oxygen atoms in total. The summed E-state index contributed by atoms with van der Waals surface area (Å²) >= 11 is 0. The number of benzene rings is 1. The highest BCUT2D eigenvalue weighted by Crippen LogP contribution is 2.23. The van der Waals surface area contributed by atoms with Crippen molar-refractivity contribution in [2.24, 2.45) is 10.9 Å². The van der Waals surface area contributed by atoms with Gasteiger partial charge in [-0.25, -0.2) is 0 Å². The molecule has 0 aliphatic heterocycles. The van der Waals surface area contributed by atoms with Gasteiger partial charge in [0.15, 0.2) is 5.96 Å². The largest absolute Gasteiger partial charge is 0.492 e. The van der Waals surface area contributed by atoms with Gasteiger partial charge in [0.2, 0.25) is 5.91 Å². The number of ether oxygens (including phenoxy) is 1. The third-order valence-electron chi connectivity index (χ3n) is 4.60. The van der Waals surface area contributed by atoms with E-state index in [0.717, 1.165) is 18.6 Å². The number of guanidine groups is 1. The predicted octanol–water partition coefficient (Wildman–Crippen LogP) is 2.85. The molecule has 0 heterocycles. The first-order chi connectivity index (χ1) is 12.7. The Kier molecular flexibility index (Phi) is 11.9. The van der Waals surface area contributed by atoms with Crippen LogP contribution in [0, 0.1) is 12.8 Å². The molecule has 0 radical (unpaired) electrons. The molecule has 1 fully saturated rings. The molecule has 1 amide bonds. The lowest BCUT2D eigenvalue weighted by molar-refractivity contribution is -0.125. The van der Waals surface area contributed by atoms with Gasteiger partial charge in [-0.1, -0.05) is 37.0 Å². The molecule has 27 heavy (non-hydrogen) atoms. The monoisotopic (exact) mass is 488 g/mol. The average molecular weight is 488 g/mol. The van der Waals surface area contributed by atoms with Gasteiger partial charge in [-0.2, -0.15) is 0 Å². The van der Waals surface area contributed by atoms with Crippen molar-refractivity contribution in [3.8, 4) is 5.75 Å². The highest BCUT2D eigenvalue weighted by molar-refractivity contribution is 14.0. The zero-order valence-corrected chi connectivity index (χ0v) is 18.8. The van der Waals surface area contributed by atoms with E-state index in [1.165, 1.54) is 24.8 Å². The minimum Gasteiger partial charge on any atom is -0.492 e. The van der Waals surface area contributed by atoms with Gasteiger partial charge < -0.3 is 20.7 Å². The van der Waals surface area contributed by atoms with Gasteiger partial charge in [0.25, 0.3) is 0 Å². The molecule has 3 N–H and O–H groups in total. The van der Waals surface area contributed by atoms with E-state index in [1.807, 2.05) is 24.3 Å². The molecule has 1 aliphatic carbocycles. The van der Waals surface area contributed by atoms with Gasteiger partial charge in [0, 0.05) is 26.1 Å². The van der Waals surface area contributed by atoms with Crippen molar-refractivity contribution >= 4 is 35.8 Å². The van der Waals surface area contributed by atoms with E-state index < -0.39 is 0 Å². The van der Waals surface area contributed by atoms with Crippen LogP contribution in [0.15, 0.2) is 29.3 Å². The van der Waals surface area contributed by atoms with E-state index in [9.17, 15) is 4.79 Å². The van der Waals surface area contributed by atoms with Gasteiger partial charge in [0.1, 0.15) is 12.4 Å². The molecule has 0 spiro atoms. The van der Waals surface area contributed by atoms with Crippen molar-refractivity contribution in [1.82, 2.24) is 16.0 Å². The summed E-state index contributed by atoms with van der Waals surface area (Å²) in [6.45, 7) is 4.52. The molecule has 1 aromatic rings. The zero-order valence-electron chi connectivity index (χ0n) is 16.4. The lowest BCUT2D eigenvalue weighted by Crippen LogP contribution is -2.43. The molecule has 0 unspecified atom stereocenters. The van der Waals surface area contributed by atoms with Crippen molar-refractivity contribution in [2.45, 2.75) is 39.0 Å². The second kappa shape index (κ2) is 13.6. The molecule has 1 aliphatic rings. The number of carbonyl (C=O) groups excluding carboxylic acids is 1. The van der Waals surface area contributed by atoms with Crippen LogP contribution >= 0.6 is 24.0 Å². The van der Waals surface area contributed by atoms with E-state index in [-0.39, 0.29) is 35.8 Å². The number of carbonyl (C=O) groups is 1. The number of nitrogens with one attached hydrogen (secondary N) is 3. The summed E-state index contributed by atoms with van der Waals surface area (Å²) in [4.78, 5) is 16.3. The van der Waals surface area contributed by atoms with E-state index in [2.05, 4.69) is 27.9 Å². The molecule has 2 rings (SSSR count). The number of halogens is 1. The van der Waals surface area contributed by atoms with Gasteiger partial charge in [-0.15, -0.1) is 24.0 Å². The molecule has 7 heteroatoms. The SMILES string of the molecule is CN=C(NCCNC(=O)C1CCCCC1)NCCOc1ccc(C)cc1.I. The fourth-order valence-electron chi connectivity index (χ4n) is 3.07. The van der Waals surface area contributed by atoms with Gasteiger partial charge in [-0.3, -0.25) is 9.79 Å². The number of aryl methyl sites for hydroxylation is 1. The maximum Gasteiger partial charge on any atom is 0.223 e. The topological polar surface area (TPSA) is 74.8 Å². The molecule has 1 aromatic carbocycles. The van der Waals surface area contributed by atoms with Crippen molar-refractivity contribution in [3.63, 3.8) is 0 Å². The Morgan fingerprint density at radius 3 is 2.33 bits per heavy atom. The van der Waals surface area contributed by atoms with Crippen LogP contribution in [0.3, 0.4) is 0 Å². The van der Waals surface area contributed by atoms with Crippen LogP contribution in [-0.4, -0.2) is 45.2 Å². The van der Waals surface area contributed by atoms with Gasteiger partial charge in [0.05, 0.1) is 6.54 Å². The summed E-state index contributed by atoms with van der Waals surface area (Å²) < 4.78 is 5.68. The first-order valence-corrected chi connectivity index (χ1v) is 9.60. The Bertz CT molecular complexity index is 572. The molecular formula is C20H33IN4O2. The van der Waals surface area contributed by atoms with Crippen LogP contribution in [0.5, 0.6) is 5.75 Å².